The van der Waals surface area contributed by atoms with E-state index in [4.69, 9.17) is 4.52 Å². The van der Waals surface area contributed by atoms with Crippen LogP contribution in [0.15, 0.2) is 16.7 Å². The number of aryl methyl sites for hydroxylation is 1. The van der Waals surface area contributed by atoms with Gasteiger partial charge >= 0.3 is 0 Å². The molecule has 1 amide bonds. The molecule has 0 unspecified atom stereocenters. The van der Waals surface area contributed by atoms with Crippen molar-refractivity contribution in [2.24, 2.45) is 5.92 Å². The number of rotatable bonds is 5. The minimum atomic E-state index is -0.132. The number of nitrogens with one attached hydrogen (secondary N) is 1. The fraction of sp³-hybridized carbons (Fsp3) is 0.579. The zero-order valence-corrected chi connectivity index (χ0v) is 14.8. The first kappa shape index (κ1) is 15.8. The molecule has 0 bridgehead atoms. The number of aromatic nitrogens is 3. The van der Waals surface area contributed by atoms with Crippen LogP contribution >= 0.6 is 0 Å². The van der Waals surface area contributed by atoms with Crippen molar-refractivity contribution in [3.8, 4) is 0 Å². The molecule has 3 aliphatic rings. The molecule has 1 N–H and O–H groups in total. The highest BCUT2D eigenvalue weighted by Crippen LogP contribution is 2.39. The van der Waals surface area contributed by atoms with Gasteiger partial charge in [0.05, 0.1) is 11.4 Å². The smallest absolute Gasteiger partial charge is 0.290 e. The molecule has 2 aliphatic carbocycles. The van der Waals surface area contributed by atoms with Crippen LogP contribution in [0, 0.1) is 5.92 Å². The van der Waals surface area contributed by atoms with E-state index in [0.29, 0.717) is 24.1 Å². The van der Waals surface area contributed by atoms with Crippen molar-refractivity contribution >= 4 is 11.7 Å². The average molecular weight is 353 g/mol. The lowest BCUT2D eigenvalue weighted by atomic mass is 9.95. The molecule has 1 aliphatic heterocycles. The van der Waals surface area contributed by atoms with Crippen molar-refractivity contribution in [3.63, 3.8) is 0 Å². The Kier molecular flexibility index (Phi) is 3.87. The highest BCUT2D eigenvalue weighted by molar-refractivity contribution is 5.93. The lowest BCUT2D eigenvalue weighted by Gasteiger charge is -2.39. The van der Waals surface area contributed by atoms with Crippen LogP contribution < -0.4 is 10.2 Å². The second kappa shape index (κ2) is 6.37. The van der Waals surface area contributed by atoms with Gasteiger partial charge in [0, 0.05) is 37.0 Å². The van der Waals surface area contributed by atoms with Crippen LogP contribution in [-0.2, 0) is 12.8 Å². The predicted octanol–water partition coefficient (Wildman–Crippen LogP) is 2.09. The van der Waals surface area contributed by atoms with Crippen molar-refractivity contribution in [3.05, 3.63) is 34.8 Å². The summed E-state index contributed by atoms with van der Waals surface area (Å²) in [5.41, 5.74) is 3.09. The summed E-state index contributed by atoms with van der Waals surface area (Å²) >= 11 is 0. The largest absolute Gasteiger partial charge is 0.354 e. The number of anilines is 1. The molecule has 0 spiro atoms. The lowest BCUT2D eigenvalue weighted by Crippen LogP contribution is -2.52. The van der Waals surface area contributed by atoms with Gasteiger partial charge in [-0.05, 0) is 50.7 Å². The van der Waals surface area contributed by atoms with E-state index in [1.54, 1.807) is 0 Å². The number of hydrogen-bond donors (Lipinski definition) is 1. The molecule has 1 saturated heterocycles. The fourth-order valence-corrected chi connectivity index (χ4v) is 3.87. The van der Waals surface area contributed by atoms with Gasteiger partial charge in [0.1, 0.15) is 0 Å². The number of hydrogen-bond acceptors (Lipinski definition) is 6. The molecule has 2 aromatic heterocycles. The van der Waals surface area contributed by atoms with E-state index in [0.717, 1.165) is 61.5 Å². The lowest BCUT2D eigenvalue weighted by molar-refractivity contribution is 0.0906. The van der Waals surface area contributed by atoms with Crippen molar-refractivity contribution in [2.75, 3.05) is 24.5 Å². The van der Waals surface area contributed by atoms with E-state index >= 15 is 0 Å². The molecular formula is C19H23N5O2. The van der Waals surface area contributed by atoms with Crippen molar-refractivity contribution in [1.29, 1.82) is 0 Å². The fourth-order valence-electron chi connectivity index (χ4n) is 3.87. The maximum absolute atomic E-state index is 12.4. The van der Waals surface area contributed by atoms with E-state index in [9.17, 15) is 4.79 Å². The summed E-state index contributed by atoms with van der Waals surface area (Å²) in [4.78, 5) is 14.6. The minimum absolute atomic E-state index is 0.132. The maximum Gasteiger partial charge on any atom is 0.290 e. The minimum Gasteiger partial charge on any atom is -0.354 e. The first-order valence-corrected chi connectivity index (χ1v) is 9.62. The maximum atomic E-state index is 12.4. The number of amides is 1. The molecule has 0 atom stereocenters. The summed E-state index contributed by atoms with van der Waals surface area (Å²) in [6, 6.07) is 4.17. The second-order valence-corrected chi connectivity index (χ2v) is 7.72. The van der Waals surface area contributed by atoms with Crippen LogP contribution in [0.4, 0.5) is 5.82 Å². The molecule has 0 aromatic carbocycles. The van der Waals surface area contributed by atoms with Gasteiger partial charge in [0.2, 0.25) is 5.76 Å². The Bertz CT molecular complexity index is 806. The third-order valence-electron chi connectivity index (χ3n) is 5.67. The van der Waals surface area contributed by atoms with E-state index in [1.807, 2.05) is 0 Å². The highest BCUT2D eigenvalue weighted by atomic mass is 16.5. The van der Waals surface area contributed by atoms with Crippen LogP contribution in [0.2, 0.25) is 0 Å². The topological polar surface area (TPSA) is 84.2 Å². The normalized spacial score (nSPS) is 19.8. The molecule has 7 nitrogen and oxygen atoms in total. The molecule has 3 heterocycles. The van der Waals surface area contributed by atoms with E-state index in [-0.39, 0.29) is 5.91 Å². The van der Waals surface area contributed by atoms with Crippen LogP contribution in [0.5, 0.6) is 0 Å². The Morgan fingerprint density at radius 2 is 2.04 bits per heavy atom. The van der Waals surface area contributed by atoms with Gasteiger partial charge in [-0.3, -0.25) is 4.79 Å². The molecular weight excluding hydrogens is 330 g/mol. The monoisotopic (exact) mass is 353 g/mol. The quantitative estimate of drug-likeness (QED) is 0.886. The van der Waals surface area contributed by atoms with Gasteiger partial charge in [0.15, 0.2) is 5.82 Å². The van der Waals surface area contributed by atoms with Crippen molar-refractivity contribution < 1.29 is 9.32 Å². The summed E-state index contributed by atoms with van der Waals surface area (Å²) in [5.74, 6) is 2.28. The average Bonchev–Trinajstić information content (AvgIpc) is 3.39. The van der Waals surface area contributed by atoms with Gasteiger partial charge in [0.25, 0.3) is 5.91 Å². The molecule has 2 fully saturated rings. The first-order chi connectivity index (χ1) is 12.8. The van der Waals surface area contributed by atoms with E-state index < -0.39 is 0 Å². The van der Waals surface area contributed by atoms with Crippen LogP contribution in [-0.4, -0.2) is 40.9 Å². The van der Waals surface area contributed by atoms with Gasteiger partial charge in [-0.2, -0.15) is 5.10 Å². The molecule has 2 aromatic rings. The van der Waals surface area contributed by atoms with Gasteiger partial charge in [-0.1, -0.05) is 5.16 Å². The molecule has 136 valence electrons. The first-order valence-electron chi connectivity index (χ1n) is 9.62. The molecule has 1 saturated carbocycles. The van der Waals surface area contributed by atoms with Gasteiger partial charge in [-0.25, -0.2) is 0 Å². The van der Waals surface area contributed by atoms with Crippen molar-refractivity contribution in [1.82, 2.24) is 20.7 Å². The second-order valence-electron chi connectivity index (χ2n) is 7.72. The SMILES string of the molecule is O=C(NCC1CN(c2ccc(C3CC3)nn2)C1)c1onc2c1CCCC2. The highest BCUT2D eigenvalue weighted by Gasteiger charge is 2.31. The Balaban J connectivity index is 1.12. The standard InChI is InChI=1S/C19H23N5O2/c25-19(18-14-3-1-2-4-16(14)23-26-18)20-9-12-10-24(11-12)17-8-7-15(21-22-17)13-5-6-13/h7-8,12-13H,1-6,9-11H2,(H,20,25). The number of nitrogens with zero attached hydrogens (tertiary/aromatic N) is 4. The Morgan fingerprint density at radius 3 is 2.81 bits per heavy atom. The third kappa shape index (κ3) is 2.95. The summed E-state index contributed by atoms with van der Waals surface area (Å²) < 4.78 is 5.30. The molecule has 0 radical (unpaired) electrons. The molecule has 7 heteroatoms. The predicted molar refractivity (Wildman–Crippen MR) is 95.2 cm³/mol. The zero-order valence-electron chi connectivity index (χ0n) is 14.8. The molecule has 26 heavy (non-hydrogen) atoms. The third-order valence-corrected chi connectivity index (χ3v) is 5.67. The number of fused-ring (bicyclic) bond motifs is 1. The number of carbonyl (C=O) groups excluding carboxylic acids is 1. The molecule has 5 rings (SSSR count). The van der Waals surface area contributed by atoms with Gasteiger partial charge < -0.3 is 14.7 Å². The summed E-state index contributed by atoms with van der Waals surface area (Å²) in [5, 5.41) is 15.7. The number of carbonyl (C=O) groups is 1. The summed E-state index contributed by atoms with van der Waals surface area (Å²) in [6.07, 6.45) is 6.54. The Morgan fingerprint density at radius 1 is 1.19 bits per heavy atom. The van der Waals surface area contributed by atoms with Crippen molar-refractivity contribution in [2.45, 2.75) is 44.4 Å². The van der Waals surface area contributed by atoms with Gasteiger partial charge in [-0.15, -0.1) is 5.10 Å². The Hall–Kier alpha value is -2.44. The summed E-state index contributed by atoms with van der Waals surface area (Å²) in [6.45, 7) is 2.44. The van der Waals surface area contributed by atoms with Crippen LogP contribution in [0.1, 0.15) is 59.1 Å². The summed E-state index contributed by atoms with van der Waals surface area (Å²) in [7, 11) is 0. The Labute approximate surface area is 152 Å². The van der Waals surface area contributed by atoms with E-state index in [1.165, 1.54) is 12.8 Å². The zero-order chi connectivity index (χ0) is 17.5. The van der Waals surface area contributed by atoms with E-state index in [2.05, 4.69) is 37.7 Å². The van der Waals surface area contributed by atoms with Crippen LogP contribution in [0.25, 0.3) is 0 Å². The van der Waals surface area contributed by atoms with Crippen LogP contribution in [0.3, 0.4) is 0 Å².